The Kier molecular flexibility index (Phi) is 7.49. The maximum atomic E-state index is 12.3. The van der Waals surface area contributed by atoms with Crippen LogP contribution in [0.25, 0.3) is 0 Å². The van der Waals surface area contributed by atoms with Crippen molar-refractivity contribution in [3.8, 4) is 17.2 Å². The maximum Gasteiger partial charge on any atom is 0.269 e. The van der Waals surface area contributed by atoms with Crippen LogP contribution in [0, 0.1) is 0 Å². The zero-order chi connectivity index (χ0) is 19.6. The van der Waals surface area contributed by atoms with E-state index >= 15 is 0 Å². The van der Waals surface area contributed by atoms with E-state index in [4.69, 9.17) is 14.2 Å². The lowest BCUT2D eigenvalue weighted by atomic mass is 10.2. The second-order valence-corrected chi connectivity index (χ2v) is 5.71. The molecule has 144 valence electrons. The highest BCUT2D eigenvalue weighted by Crippen LogP contribution is 2.28. The molecule has 0 atom stereocenters. The minimum Gasteiger partial charge on any atom is -0.497 e. The number of hydrazine groups is 1. The van der Waals surface area contributed by atoms with Gasteiger partial charge in [-0.15, -0.1) is 0 Å². The van der Waals surface area contributed by atoms with Crippen LogP contribution in [-0.4, -0.2) is 32.6 Å². The number of methoxy groups -OCH3 is 2. The van der Waals surface area contributed by atoms with Crippen LogP contribution in [0.4, 0.5) is 0 Å². The Morgan fingerprint density at radius 3 is 2.22 bits per heavy atom. The quantitative estimate of drug-likeness (QED) is 0.550. The second kappa shape index (κ2) is 10.1. The Balaban J connectivity index is 1.99. The van der Waals surface area contributed by atoms with Gasteiger partial charge in [-0.05, 0) is 42.8 Å². The Morgan fingerprint density at radius 2 is 1.59 bits per heavy atom. The number of carbonyl (C=O) groups excluding carboxylic acids is 2. The van der Waals surface area contributed by atoms with Crippen molar-refractivity contribution in [3.05, 3.63) is 53.6 Å². The van der Waals surface area contributed by atoms with Crippen molar-refractivity contribution in [2.45, 2.75) is 19.8 Å². The predicted molar refractivity (Wildman–Crippen MR) is 101 cm³/mol. The summed E-state index contributed by atoms with van der Waals surface area (Å²) in [7, 11) is 3.02. The van der Waals surface area contributed by atoms with Crippen LogP contribution < -0.4 is 25.1 Å². The third kappa shape index (κ3) is 5.64. The van der Waals surface area contributed by atoms with E-state index in [1.165, 1.54) is 14.2 Å². The first-order chi connectivity index (χ1) is 13.1. The summed E-state index contributed by atoms with van der Waals surface area (Å²) in [4.78, 5) is 24.4. The van der Waals surface area contributed by atoms with Crippen molar-refractivity contribution in [2.75, 3.05) is 20.8 Å². The highest BCUT2D eigenvalue weighted by molar-refractivity contribution is 5.99. The largest absolute Gasteiger partial charge is 0.497 e. The third-order valence-electron chi connectivity index (χ3n) is 3.80. The molecule has 0 heterocycles. The van der Waals surface area contributed by atoms with Gasteiger partial charge >= 0.3 is 0 Å². The molecule has 0 fully saturated rings. The van der Waals surface area contributed by atoms with Crippen LogP contribution in [0.2, 0.25) is 0 Å². The van der Waals surface area contributed by atoms with Gasteiger partial charge in [0.1, 0.15) is 5.75 Å². The number of rotatable bonds is 8. The molecule has 0 spiro atoms. The molecular formula is C20H24N2O5. The average Bonchev–Trinajstić information content (AvgIpc) is 2.72. The summed E-state index contributed by atoms with van der Waals surface area (Å²) in [6.07, 6.45) is 1.96. The minimum absolute atomic E-state index is 0.334. The van der Waals surface area contributed by atoms with Crippen molar-refractivity contribution in [1.82, 2.24) is 10.9 Å². The number of hydrogen-bond donors (Lipinski definition) is 2. The molecule has 0 aliphatic carbocycles. The van der Waals surface area contributed by atoms with E-state index in [1.54, 1.807) is 42.5 Å². The monoisotopic (exact) mass is 372 g/mol. The molecule has 2 amide bonds. The average molecular weight is 372 g/mol. The van der Waals surface area contributed by atoms with Gasteiger partial charge < -0.3 is 14.2 Å². The van der Waals surface area contributed by atoms with Gasteiger partial charge in [0, 0.05) is 11.1 Å². The summed E-state index contributed by atoms with van der Waals surface area (Å²) >= 11 is 0. The fraction of sp³-hybridized carbons (Fsp3) is 0.300. The SMILES string of the molecule is CCCCOc1ccc(C(=O)NNC(=O)c2cccc(OC)c2)cc1OC. The molecule has 2 aromatic carbocycles. The molecule has 7 nitrogen and oxygen atoms in total. The third-order valence-corrected chi connectivity index (χ3v) is 3.80. The summed E-state index contributed by atoms with van der Waals surface area (Å²) in [5.41, 5.74) is 5.46. The zero-order valence-electron chi connectivity index (χ0n) is 15.7. The first-order valence-corrected chi connectivity index (χ1v) is 8.64. The number of unbranched alkanes of at least 4 members (excludes halogenated alkanes) is 1. The Bertz CT molecular complexity index is 792. The molecule has 2 rings (SSSR count). The minimum atomic E-state index is -0.468. The van der Waals surface area contributed by atoms with Gasteiger partial charge in [0.15, 0.2) is 11.5 Å². The summed E-state index contributed by atoms with van der Waals surface area (Å²) in [5, 5.41) is 0. The van der Waals surface area contributed by atoms with Gasteiger partial charge in [-0.2, -0.15) is 0 Å². The molecule has 0 aromatic heterocycles. The Labute approximate surface area is 158 Å². The lowest BCUT2D eigenvalue weighted by Gasteiger charge is -2.12. The van der Waals surface area contributed by atoms with Crippen molar-refractivity contribution in [1.29, 1.82) is 0 Å². The standard InChI is InChI=1S/C20H24N2O5/c1-4-5-11-27-17-10-9-15(13-18(17)26-3)20(24)22-21-19(23)14-7-6-8-16(12-14)25-2/h6-10,12-13H,4-5,11H2,1-3H3,(H,21,23)(H,22,24). The lowest BCUT2D eigenvalue weighted by Crippen LogP contribution is -2.41. The van der Waals surface area contributed by atoms with E-state index in [-0.39, 0.29) is 0 Å². The van der Waals surface area contributed by atoms with Gasteiger partial charge in [-0.3, -0.25) is 20.4 Å². The second-order valence-electron chi connectivity index (χ2n) is 5.71. The highest BCUT2D eigenvalue weighted by atomic mass is 16.5. The molecule has 0 aliphatic heterocycles. The van der Waals surface area contributed by atoms with Crippen LogP contribution in [0.15, 0.2) is 42.5 Å². The van der Waals surface area contributed by atoms with Crippen molar-refractivity contribution in [2.24, 2.45) is 0 Å². The van der Waals surface area contributed by atoms with Crippen LogP contribution in [-0.2, 0) is 0 Å². The molecule has 0 bridgehead atoms. The van der Waals surface area contributed by atoms with E-state index in [1.807, 2.05) is 0 Å². The predicted octanol–water partition coefficient (Wildman–Crippen LogP) is 2.96. The zero-order valence-corrected chi connectivity index (χ0v) is 15.7. The topological polar surface area (TPSA) is 85.9 Å². The number of carbonyl (C=O) groups is 2. The number of hydrogen-bond acceptors (Lipinski definition) is 5. The molecule has 7 heteroatoms. The first kappa shape index (κ1) is 20.1. The normalized spacial score (nSPS) is 10.0. The van der Waals surface area contributed by atoms with Crippen molar-refractivity contribution < 1.29 is 23.8 Å². The molecule has 0 saturated heterocycles. The van der Waals surface area contributed by atoms with Gasteiger partial charge in [0.25, 0.3) is 11.8 Å². The van der Waals surface area contributed by atoms with Gasteiger partial charge in [-0.1, -0.05) is 19.4 Å². The van der Waals surface area contributed by atoms with E-state index in [0.717, 1.165) is 12.8 Å². The van der Waals surface area contributed by atoms with E-state index in [9.17, 15) is 9.59 Å². The van der Waals surface area contributed by atoms with Crippen LogP contribution in [0.3, 0.4) is 0 Å². The molecule has 27 heavy (non-hydrogen) atoms. The molecule has 0 saturated carbocycles. The maximum absolute atomic E-state index is 12.3. The van der Waals surface area contributed by atoms with Gasteiger partial charge in [0.05, 0.1) is 20.8 Å². The highest BCUT2D eigenvalue weighted by Gasteiger charge is 2.13. The lowest BCUT2D eigenvalue weighted by molar-refractivity contribution is 0.0846. The van der Waals surface area contributed by atoms with Crippen molar-refractivity contribution >= 4 is 11.8 Å². The Morgan fingerprint density at radius 1 is 0.889 bits per heavy atom. The molecular weight excluding hydrogens is 348 g/mol. The van der Waals surface area contributed by atoms with E-state index < -0.39 is 11.8 Å². The van der Waals surface area contributed by atoms with Gasteiger partial charge in [-0.25, -0.2) is 0 Å². The fourth-order valence-corrected chi connectivity index (χ4v) is 2.28. The fourth-order valence-electron chi connectivity index (χ4n) is 2.28. The number of amides is 2. The molecule has 2 N–H and O–H groups in total. The van der Waals surface area contributed by atoms with Crippen LogP contribution in [0.5, 0.6) is 17.2 Å². The molecule has 0 unspecified atom stereocenters. The van der Waals surface area contributed by atoms with E-state index in [2.05, 4.69) is 17.8 Å². The molecule has 0 radical (unpaired) electrons. The van der Waals surface area contributed by atoms with Crippen molar-refractivity contribution in [3.63, 3.8) is 0 Å². The number of nitrogens with one attached hydrogen (secondary N) is 2. The molecule has 0 aliphatic rings. The Hall–Kier alpha value is -3.22. The smallest absolute Gasteiger partial charge is 0.269 e. The van der Waals surface area contributed by atoms with E-state index in [0.29, 0.717) is 35.0 Å². The summed E-state index contributed by atoms with van der Waals surface area (Å²) in [6.45, 7) is 2.66. The van der Waals surface area contributed by atoms with Gasteiger partial charge in [0.2, 0.25) is 0 Å². The summed E-state index contributed by atoms with van der Waals surface area (Å²) in [6, 6.07) is 11.5. The van der Waals surface area contributed by atoms with Crippen LogP contribution >= 0.6 is 0 Å². The number of benzene rings is 2. The summed E-state index contributed by atoms with van der Waals surface area (Å²) < 4.78 is 16.0. The first-order valence-electron chi connectivity index (χ1n) is 8.64. The molecule has 2 aromatic rings. The number of ether oxygens (including phenoxy) is 3. The van der Waals surface area contributed by atoms with Crippen LogP contribution in [0.1, 0.15) is 40.5 Å². The summed E-state index contributed by atoms with van der Waals surface area (Å²) in [5.74, 6) is 0.663.